The molecule has 2 heteroatoms. The van der Waals surface area contributed by atoms with Crippen molar-refractivity contribution in [2.75, 3.05) is 19.8 Å². The molecule has 0 aromatic rings. The van der Waals surface area contributed by atoms with E-state index in [-0.39, 0.29) is 0 Å². The Morgan fingerprint density at radius 2 is 2.00 bits per heavy atom. The zero-order valence-electron chi connectivity index (χ0n) is 11.3. The third-order valence-electron chi connectivity index (χ3n) is 3.09. The SMILES string of the molecule is CCCC(CCOCC(C)C)CNC1CC1. The summed E-state index contributed by atoms with van der Waals surface area (Å²) in [5.74, 6) is 1.48. The van der Waals surface area contributed by atoms with Crippen molar-refractivity contribution in [3.8, 4) is 0 Å². The second kappa shape index (κ2) is 8.08. The molecule has 0 aliphatic heterocycles. The fourth-order valence-corrected chi connectivity index (χ4v) is 1.95. The molecule has 1 fully saturated rings. The topological polar surface area (TPSA) is 21.3 Å². The fraction of sp³-hybridized carbons (Fsp3) is 1.00. The van der Waals surface area contributed by atoms with Gasteiger partial charge >= 0.3 is 0 Å². The van der Waals surface area contributed by atoms with Crippen molar-refractivity contribution >= 4 is 0 Å². The molecule has 0 aromatic carbocycles. The van der Waals surface area contributed by atoms with Crippen LogP contribution < -0.4 is 5.32 Å². The molecular formula is C14H29NO. The molecule has 0 amide bonds. The minimum Gasteiger partial charge on any atom is -0.381 e. The first-order valence-electron chi connectivity index (χ1n) is 7.03. The van der Waals surface area contributed by atoms with Gasteiger partial charge in [0.1, 0.15) is 0 Å². The minimum atomic E-state index is 0.661. The molecule has 16 heavy (non-hydrogen) atoms. The number of hydrogen-bond donors (Lipinski definition) is 1. The van der Waals surface area contributed by atoms with Gasteiger partial charge in [-0.25, -0.2) is 0 Å². The molecule has 1 rings (SSSR count). The summed E-state index contributed by atoms with van der Waals surface area (Å²) in [5.41, 5.74) is 0. The molecule has 96 valence electrons. The van der Waals surface area contributed by atoms with Gasteiger partial charge in [-0.2, -0.15) is 0 Å². The van der Waals surface area contributed by atoms with Crippen molar-refractivity contribution in [2.24, 2.45) is 11.8 Å². The van der Waals surface area contributed by atoms with E-state index < -0.39 is 0 Å². The average Bonchev–Trinajstić information content (AvgIpc) is 3.04. The van der Waals surface area contributed by atoms with Gasteiger partial charge in [0.25, 0.3) is 0 Å². The van der Waals surface area contributed by atoms with Gasteiger partial charge in [-0.1, -0.05) is 27.2 Å². The highest BCUT2D eigenvalue weighted by Gasteiger charge is 2.21. The van der Waals surface area contributed by atoms with Crippen LogP contribution in [0.3, 0.4) is 0 Å². The third kappa shape index (κ3) is 7.24. The van der Waals surface area contributed by atoms with E-state index in [1.807, 2.05) is 0 Å². The van der Waals surface area contributed by atoms with E-state index in [9.17, 15) is 0 Å². The lowest BCUT2D eigenvalue weighted by atomic mass is 10.0. The zero-order chi connectivity index (χ0) is 11.8. The molecule has 1 unspecified atom stereocenters. The summed E-state index contributed by atoms with van der Waals surface area (Å²) < 4.78 is 5.67. The molecule has 1 atom stereocenters. The fourth-order valence-electron chi connectivity index (χ4n) is 1.95. The molecule has 0 spiro atoms. The second-order valence-electron chi connectivity index (χ2n) is 5.59. The van der Waals surface area contributed by atoms with Crippen molar-refractivity contribution < 1.29 is 4.74 Å². The summed E-state index contributed by atoms with van der Waals surface area (Å²) >= 11 is 0. The maximum Gasteiger partial charge on any atom is 0.0488 e. The van der Waals surface area contributed by atoms with Crippen LogP contribution >= 0.6 is 0 Å². The summed E-state index contributed by atoms with van der Waals surface area (Å²) in [5, 5.41) is 3.64. The van der Waals surface area contributed by atoms with E-state index in [0.29, 0.717) is 5.92 Å². The molecule has 1 N–H and O–H groups in total. The van der Waals surface area contributed by atoms with Gasteiger partial charge in [-0.3, -0.25) is 0 Å². The van der Waals surface area contributed by atoms with Crippen LogP contribution in [0.4, 0.5) is 0 Å². The Labute approximate surface area is 101 Å². The monoisotopic (exact) mass is 227 g/mol. The van der Waals surface area contributed by atoms with Crippen LogP contribution in [0.15, 0.2) is 0 Å². The van der Waals surface area contributed by atoms with E-state index in [1.165, 1.54) is 38.6 Å². The molecule has 0 aromatic heterocycles. The third-order valence-corrected chi connectivity index (χ3v) is 3.09. The maximum absolute atomic E-state index is 5.67. The number of rotatable bonds is 10. The highest BCUT2D eigenvalue weighted by molar-refractivity contribution is 4.81. The first-order chi connectivity index (χ1) is 7.72. The first kappa shape index (κ1) is 14.0. The quantitative estimate of drug-likeness (QED) is 0.579. The van der Waals surface area contributed by atoms with Crippen LogP contribution in [-0.4, -0.2) is 25.8 Å². The molecule has 0 heterocycles. The normalized spacial score (nSPS) is 18.0. The van der Waals surface area contributed by atoms with Gasteiger partial charge in [0.2, 0.25) is 0 Å². The smallest absolute Gasteiger partial charge is 0.0488 e. The number of hydrogen-bond acceptors (Lipinski definition) is 2. The molecule has 1 saturated carbocycles. The first-order valence-corrected chi connectivity index (χ1v) is 7.03. The lowest BCUT2D eigenvalue weighted by molar-refractivity contribution is 0.0965. The van der Waals surface area contributed by atoms with E-state index in [2.05, 4.69) is 26.1 Å². The van der Waals surface area contributed by atoms with Crippen molar-refractivity contribution in [2.45, 2.75) is 58.9 Å². The van der Waals surface area contributed by atoms with Gasteiger partial charge in [-0.05, 0) is 44.1 Å². The van der Waals surface area contributed by atoms with Gasteiger partial charge < -0.3 is 10.1 Å². The van der Waals surface area contributed by atoms with E-state index in [4.69, 9.17) is 4.74 Å². The Kier molecular flexibility index (Phi) is 7.06. The Balaban J connectivity index is 2.01. The van der Waals surface area contributed by atoms with Crippen molar-refractivity contribution in [3.63, 3.8) is 0 Å². The maximum atomic E-state index is 5.67. The molecule has 0 saturated heterocycles. The van der Waals surface area contributed by atoms with Crippen molar-refractivity contribution in [3.05, 3.63) is 0 Å². The Morgan fingerprint density at radius 3 is 2.56 bits per heavy atom. The van der Waals surface area contributed by atoms with Gasteiger partial charge in [0.05, 0.1) is 0 Å². The van der Waals surface area contributed by atoms with E-state index >= 15 is 0 Å². The Morgan fingerprint density at radius 1 is 1.25 bits per heavy atom. The highest BCUT2D eigenvalue weighted by atomic mass is 16.5. The van der Waals surface area contributed by atoms with Crippen molar-refractivity contribution in [1.82, 2.24) is 5.32 Å². The summed E-state index contributed by atoms with van der Waals surface area (Å²) in [4.78, 5) is 0. The van der Waals surface area contributed by atoms with Gasteiger partial charge in [0, 0.05) is 19.3 Å². The van der Waals surface area contributed by atoms with Crippen LogP contribution in [0.2, 0.25) is 0 Å². The number of ether oxygens (including phenoxy) is 1. The average molecular weight is 227 g/mol. The predicted molar refractivity (Wildman–Crippen MR) is 69.7 cm³/mol. The predicted octanol–water partition coefficient (Wildman–Crippen LogP) is 3.22. The van der Waals surface area contributed by atoms with Crippen LogP contribution in [0.1, 0.15) is 52.9 Å². The van der Waals surface area contributed by atoms with Crippen LogP contribution in [0.25, 0.3) is 0 Å². The standard InChI is InChI=1S/C14H29NO/c1-4-5-13(10-15-14-6-7-14)8-9-16-11-12(2)3/h12-15H,4-11H2,1-3H3. The Bertz CT molecular complexity index is 166. The molecule has 0 bridgehead atoms. The second-order valence-corrected chi connectivity index (χ2v) is 5.59. The molecule has 0 radical (unpaired) electrons. The van der Waals surface area contributed by atoms with Crippen LogP contribution in [-0.2, 0) is 4.74 Å². The van der Waals surface area contributed by atoms with Gasteiger partial charge in [-0.15, -0.1) is 0 Å². The lowest BCUT2D eigenvalue weighted by Crippen LogP contribution is -2.25. The van der Waals surface area contributed by atoms with Gasteiger partial charge in [0.15, 0.2) is 0 Å². The largest absolute Gasteiger partial charge is 0.381 e. The summed E-state index contributed by atoms with van der Waals surface area (Å²) in [6.07, 6.45) is 6.64. The highest BCUT2D eigenvalue weighted by Crippen LogP contribution is 2.20. The number of nitrogens with one attached hydrogen (secondary N) is 1. The lowest BCUT2D eigenvalue weighted by Gasteiger charge is -2.17. The van der Waals surface area contributed by atoms with Crippen LogP contribution in [0, 0.1) is 11.8 Å². The minimum absolute atomic E-state index is 0.661. The molecule has 1 aliphatic rings. The Hall–Kier alpha value is -0.0800. The van der Waals surface area contributed by atoms with Crippen LogP contribution in [0.5, 0.6) is 0 Å². The summed E-state index contributed by atoms with van der Waals surface area (Å²) in [6, 6.07) is 0.843. The summed E-state index contributed by atoms with van der Waals surface area (Å²) in [6.45, 7) is 9.74. The molecule has 2 nitrogen and oxygen atoms in total. The molecular weight excluding hydrogens is 198 g/mol. The van der Waals surface area contributed by atoms with E-state index in [1.54, 1.807) is 0 Å². The summed E-state index contributed by atoms with van der Waals surface area (Å²) in [7, 11) is 0. The van der Waals surface area contributed by atoms with E-state index in [0.717, 1.165) is 25.2 Å². The molecule has 1 aliphatic carbocycles. The zero-order valence-corrected chi connectivity index (χ0v) is 11.3. The van der Waals surface area contributed by atoms with Crippen molar-refractivity contribution in [1.29, 1.82) is 0 Å².